The molecule has 0 aliphatic carbocycles. The van der Waals surface area contributed by atoms with Gasteiger partial charge >= 0.3 is 0 Å². The first-order valence-corrected chi connectivity index (χ1v) is 10.2. The quantitative estimate of drug-likeness (QED) is 0.714. The zero-order valence-corrected chi connectivity index (χ0v) is 17.6. The van der Waals surface area contributed by atoms with Crippen LogP contribution in [0.4, 0.5) is 0 Å². The van der Waals surface area contributed by atoms with Crippen LogP contribution in [0.2, 0.25) is 0 Å². The summed E-state index contributed by atoms with van der Waals surface area (Å²) in [6.07, 6.45) is 0. The van der Waals surface area contributed by atoms with Crippen LogP contribution in [0, 0.1) is 0 Å². The number of rotatable bonds is 5. The number of likely N-dealkylation sites (N-methyl/N-ethyl adjacent to an activating group) is 1. The van der Waals surface area contributed by atoms with E-state index in [1.807, 2.05) is 38.1 Å². The number of fused-ring (bicyclic) bond motifs is 2. The van der Waals surface area contributed by atoms with Gasteiger partial charge in [0.2, 0.25) is 0 Å². The summed E-state index contributed by atoms with van der Waals surface area (Å²) in [7, 11) is 3.96. The highest BCUT2D eigenvalue weighted by Gasteiger charge is 2.26. The standard InChI is InChI=1S/C25H30N2O2/c1-25(28,18-26(2)3)22-11-12-24-21(15-22)17-27(13-14-29-24)16-20-9-6-8-19-7-4-5-10-23(19)20/h4-12,15,28H,13-14,16-18H2,1-3H3/t25-/m0/s1. The third-order valence-corrected chi connectivity index (χ3v) is 5.64. The molecular weight excluding hydrogens is 360 g/mol. The lowest BCUT2D eigenvalue weighted by atomic mass is 9.93. The molecule has 4 rings (SSSR count). The van der Waals surface area contributed by atoms with Crippen LogP contribution in [0.3, 0.4) is 0 Å². The van der Waals surface area contributed by atoms with Crippen LogP contribution >= 0.6 is 0 Å². The maximum atomic E-state index is 11.0. The monoisotopic (exact) mass is 390 g/mol. The molecule has 1 aliphatic rings. The van der Waals surface area contributed by atoms with Crippen LogP contribution in [-0.2, 0) is 18.7 Å². The number of aliphatic hydroxyl groups is 1. The van der Waals surface area contributed by atoms with Crippen LogP contribution in [0.5, 0.6) is 5.75 Å². The first kappa shape index (κ1) is 19.9. The molecule has 0 radical (unpaired) electrons. The SMILES string of the molecule is CN(C)C[C@](C)(O)c1ccc2c(c1)CN(Cc1cccc3ccccc13)CCO2. The van der Waals surface area contributed by atoms with Gasteiger partial charge in [0, 0.05) is 31.7 Å². The molecule has 4 heteroatoms. The minimum Gasteiger partial charge on any atom is -0.492 e. The van der Waals surface area contributed by atoms with Crippen LogP contribution < -0.4 is 4.74 Å². The Labute approximate surface area is 173 Å². The van der Waals surface area contributed by atoms with E-state index >= 15 is 0 Å². The fraction of sp³-hybridized carbons (Fsp3) is 0.360. The fourth-order valence-electron chi connectivity index (χ4n) is 4.30. The molecule has 0 saturated heterocycles. The lowest BCUT2D eigenvalue weighted by molar-refractivity contribution is 0.0299. The van der Waals surface area contributed by atoms with Gasteiger partial charge in [0.05, 0.1) is 5.60 Å². The fourth-order valence-corrected chi connectivity index (χ4v) is 4.30. The summed E-state index contributed by atoms with van der Waals surface area (Å²) in [5.74, 6) is 0.926. The Morgan fingerprint density at radius 1 is 1.07 bits per heavy atom. The molecule has 0 spiro atoms. The minimum atomic E-state index is -0.898. The highest BCUT2D eigenvalue weighted by atomic mass is 16.5. The van der Waals surface area contributed by atoms with Gasteiger partial charge in [-0.1, -0.05) is 48.5 Å². The number of hydrogen-bond donors (Lipinski definition) is 1. The first-order valence-electron chi connectivity index (χ1n) is 10.2. The van der Waals surface area contributed by atoms with Gasteiger partial charge in [-0.05, 0) is 55.1 Å². The van der Waals surface area contributed by atoms with Crippen LogP contribution in [0.25, 0.3) is 10.8 Å². The summed E-state index contributed by atoms with van der Waals surface area (Å²) in [6.45, 7) is 5.69. The van der Waals surface area contributed by atoms with Gasteiger partial charge in [-0.25, -0.2) is 0 Å². The van der Waals surface area contributed by atoms with Crippen molar-refractivity contribution >= 4 is 10.8 Å². The topological polar surface area (TPSA) is 35.9 Å². The van der Waals surface area contributed by atoms with E-state index in [9.17, 15) is 5.11 Å². The summed E-state index contributed by atoms with van der Waals surface area (Å²) in [5.41, 5.74) is 2.51. The second-order valence-electron chi connectivity index (χ2n) is 8.53. The maximum absolute atomic E-state index is 11.0. The molecule has 0 aromatic heterocycles. The van der Waals surface area contributed by atoms with Gasteiger partial charge < -0.3 is 14.7 Å². The van der Waals surface area contributed by atoms with Gasteiger partial charge in [0.15, 0.2) is 0 Å². The predicted molar refractivity (Wildman–Crippen MR) is 118 cm³/mol. The van der Waals surface area contributed by atoms with Crippen LogP contribution in [0.1, 0.15) is 23.6 Å². The predicted octanol–water partition coefficient (Wildman–Crippen LogP) is 4.00. The van der Waals surface area contributed by atoms with Crippen molar-refractivity contribution in [2.24, 2.45) is 0 Å². The second kappa shape index (κ2) is 8.15. The van der Waals surface area contributed by atoms with Crippen molar-refractivity contribution in [3.63, 3.8) is 0 Å². The molecule has 29 heavy (non-hydrogen) atoms. The molecule has 1 atom stereocenters. The van der Waals surface area contributed by atoms with Crippen molar-refractivity contribution in [2.45, 2.75) is 25.6 Å². The minimum absolute atomic E-state index is 0.576. The third kappa shape index (κ3) is 4.45. The second-order valence-corrected chi connectivity index (χ2v) is 8.53. The Morgan fingerprint density at radius 3 is 2.69 bits per heavy atom. The summed E-state index contributed by atoms with van der Waals surface area (Å²) in [5, 5.41) is 13.5. The summed E-state index contributed by atoms with van der Waals surface area (Å²) >= 11 is 0. The number of hydrogen-bond acceptors (Lipinski definition) is 4. The van der Waals surface area contributed by atoms with E-state index in [2.05, 4.69) is 53.4 Å². The van der Waals surface area contributed by atoms with E-state index < -0.39 is 5.60 Å². The van der Waals surface area contributed by atoms with Gasteiger partial charge in [-0.2, -0.15) is 0 Å². The van der Waals surface area contributed by atoms with Gasteiger partial charge in [-0.15, -0.1) is 0 Å². The molecule has 0 amide bonds. The normalized spacial score (nSPS) is 16.9. The molecular formula is C25H30N2O2. The molecule has 152 valence electrons. The maximum Gasteiger partial charge on any atom is 0.123 e. The Balaban J connectivity index is 1.59. The number of nitrogens with zero attached hydrogens (tertiary/aromatic N) is 2. The largest absolute Gasteiger partial charge is 0.492 e. The summed E-state index contributed by atoms with van der Waals surface area (Å²) < 4.78 is 6.02. The van der Waals surface area contributed by atoms with Crippen molar-refractivity contribution in [3.05, 3.63) is 77.4 Å². The molecule has 1 heterocycles. The zero-order valence-electron chi connectivity index (χ0n) is 17.6. The Morgan fingerprint density at radius 2 is 1.86 bits per heavy atom. The lowest BCUT2D eigenvalue weighted by Crippen LogP contribution is -2.34. The van der Waals surface area contributed by atoms with E-state index in [0.717, 1.165) is 36.5 Å². The highest BCUT2D eigenvalue weighted by Crippen LogP contribution is 2.30. The number of benzene rings is 3. The first-order chi connectivity index (χ1) is 13.9. The van der Waals surface area contributed by atoms with E-state index in [1.165, 1.54) is 16.3 Å². The molecule has 0 fully saturated rings. The van der Waals surface area contributed by atoms with Crippen molar-refractivity contribution in [1.29, 1.82) is 0 Å². The van der Waals surface area contributed by atoms with E-state index in [0.29, 0.717) is 13.2 Å². The highest BCUT2D eigenvalue weighted by molar-refractivity contribution is 5.85. The molecule has 3 aromatic carbocycles. The lowest BCUT2D eigenvalue weighted by Gasteiger charge is -2.28. The Hall–Kier alpha value is -2.40. The van der Waals surface area contributed by atoms with Crippen molar-refractivity contribution in [3.8, 4) is 5.75 Å². The van der Waals surface area contributed by atoms with Crippen LogP contribution in [0.15, 0.2) is 60.7 Å². The van der Waals surface area contributed by atoms with Crippen molar-refractivity contribution < 1.29 is 9.84 Å². The van der Waals surface area contributed by atoms with Gasteiger partial charge in [0.25, 0.3) is 0 Å². The molecule has 0 unspecified atom stereocenters. The smallest absolute Gasteiger partial charge is 0.123 e. The molecule has 1 aliphatic heterocycles. The van der Waals surface area contributed by atoms with Crippen LogP contribution in [-0.4, -0.2) is 48.7 Å². The Kier molecular flexibility index (Phi) is 5.59. The van der Waals surface area contributed by atoms with Gasteiger partial charge in [0.1, 0.15) is 12.4 Å². The van der Waals surface area contributed by atoms with Crippen molar-refractivity contribution in [1.82, 2.24) is 9.80 Å². The molecule has 0 bridgehead atoms. The number of ether oxygens (including phenoxy) is 1. The average molecular weight is 391 g/mol. The molecule has 3 aromatic rings. The van der Waals surface area contributed by atoms with Crippen molar-refractivity contribution in [2.75, 3.05) is 33.8 Å². The third-order valence-electron chi connectivity index (χ3n) is 5.64. The van der Waals surface area contributed by atoms with E-state index in [-0.39, 0.29) is 0 Å². The zero-order chi connectivity index (χ0) is 20.4. The molecule has 4 nitrogen and oxygen atoms in total. The summed E-state index contributed by atoms with van der Waals surface area (Å²) in [6, 6.07) is 21.2. The summed E-state index contributed by atoms with van der Waals surface area (Å²) in [4.78, 5) is 4.44. The molecule has 0 saturated carbocycles. The Bertz CT molecular complexity index is 992. The van der Waals surface area contributed by atoms with E-state index in [4.69, 9.17) is 4.74 Å². The van der Waals surface area contributed by atoms with Gasteiger partial charge in [-0.3, -0.25) is 4.90 Å². The van der Waals surface area contributed by atoms with E-state index in [1.54, 1.807) is 0 Å². The average Bonchev–Trinajstić information content (AvgIpc) is 2.88. The molecule has 1 N–H and O–H groups in total.